The third-order valence-corrected chi connectivity index (χ3v) is 6.50. The van der Waals surface area contributed by atoms with Crippen molar-refractivity contribution >= 4 is 49.2 Å². The Kier molecular flexibility index (Phi) is 5.17. The molecule has 166 valence electrons. The number of thiazole rings is 1. The number of rotatable bonds is 6. The minimum atomic E-state index is -3.76. The van der Waals surface area contributed by atoms with Gasteiger partial charge in [-0.1, -0.05) is 29.5 Å². The van der Waals surface area contributed by atoms with Crippen LogP contribution in [-0.4, -0.2) is 28.2 Å². The van der Waals surface area contributed by atoms with Gasteiger partial charge in [-0.05, 0) is 48.5 Å². The van der Waals surface area contributed by atoms with Crippen molar-refractivity contribution in [2.24, 2.45) is 5.14 Å². The molecule has 10 nitrogen and oxygen atoms in total. The number of hydrogen-bond donors (Lipinski definition) is 3. The standard InChI is InChI=1S/C21H17N7O3S2/c22-19-26-20(24-13-6-9-16(10-7-13)33(23,29)30)27-28(19)21-25-17-11-8-15(12-18(17)32-21)31-14-4-2-1-3-5-14/h1-12H,(H2,23,29,30)(H3,22,24,26,27). The van der Waals surface area contributed by atoms with Crippen LogP contribution in [0, 0.1) is 0 Å². The topological polar surface area (TPSA) is 151 Å². The van der Waals surface area contributed by atoms with E-state index in [2.05, 4.69) is 20.4 Å². The third kappa shape index (κ3) is 4.48. The number of nitrogen functional groups attached to an aromatic ring is 1. The molecule has 0 saturated carbocycles. The second-order valence-corrected chi connectivity index (χ2v) is 9.51. The van der Waals surface area contributed by atoms with Gasteiger partial charge in [-0.25, -0.2) is 18.5 Å². The Bertz CT molecular complexity index is 1550. The van der Waals surface area contributed by atoms with E-state index in [1.165, 1.54) is 28.2 Å². The molecule has 5 rings (SSSR count). The lowest BCUT2D eigenvalue weighted by Gasteiger charge is -2.04. The molecule has 33 heavy (non-hydrogen) atoms. The van der Waals surface area contributed by atoms with E-state index >= 15 is 0 Å². The number of sulfonamides is 1. The number of fused-ring (bicyclic) bond motifs is 1. The minimum absolute atomic E-state index is 0.0103. The number of aromatic nitrogens is 4. The Hall–Kier alpha value is -4.00. The normalized spacial score (nSPS) is 11.5. The summed E-state index contributed by atoms with van der Waals surface area (Å²) in [4.78, 5) is 8.81. The van der Waals surface area contributed by atoms with Gasteiger partial charge >= 0.3 is 0 Å². The van der Waals surface area contributed by atoms with E-state index in [4.69, 9.17) is 15.6 Å². The molecule has 2 heterocycles. The fourth-order valence-electron chi connectivity index (χ4n) is 3.05. The van der Waals surface area contributed by atoms with Gasteiger partial charge < -0.3 is 15.8 Å². The summed E-state index contributed by atoms with van der Waals surface area (Å²) < 4.78 is 31.0. The van der Waals surface area contributed by atoms with Crippen LogP contribution in [0.3, 0.4) is 0 Å². The summed E-state index contributed by atoms with van der Waals surface area (Å²) in [6.07, 6.45) is 0. The van der Waals surface area contributed by atoms with Crippen LogP contribution in [0.1, 0.15) is 0 Å². The van der Waals surface area contributed by atoms with Crippen LogP contribution < -0.4 is 20.9 Å². The highest BCUT2D eigenvalue weighted by atomic mass is 32.2. The van der Waals surface area contributed by atoms with Crippen molar-refractivity contribution < 1.29 is 13.2 Å². The largest absolute Gasteiger partial charge is 0.457 e. The molecular weight excluding hydrogens is 462 g/mol. The summed E-state index contributed by atoms with van der Waals surface area (Å²) in [5, 5.41) is 13.0. The zero-order valence-electron chi connectivity index (χ0n) is 16.9. The maximum atomic E-state index is 11.4. The Labute approximate surface area is 192 Å². The van der Waals surface area contributed by atoms with Gasteiger partial charge in [0.25, 0.3) is 0 Å². The summed E-state index contributed by atoms with van der Waals surface area (Å²) in [5.74, 6) is 1.83. The number of benzene rings is 3. The molecule has 0 atom stereocenters. The molecule has 0 aliphatic carbocycles. The van der Waals surface area contributed by atoms with Crippen LogP contribution in [-0.2, 0) is 10.0 Å². The van der Waals surface area contributed by atoms with Gasteiger partial charge in [0.15, 0.2) is 0 Å². The van der Waals surface area contributed by atoms with E-state index in [0.29, 0.717) is 16.6 Å². The van der Waals surface area contributed by atoms with Crippen LogP contribution in [0.5, 0.6) is 11.5 Å². The Morgan fingerprint density at radius 3 is 2.42 bits per heavy atom. The predicted octanol–water partition coefficient (Wildman–Crippen LogP) is 3.64. The molecule has 5 N–H and O–H groups in total. The lowest BCUT2D eigenvalue weighted by atomic mass is 10.3. The van der Waals surface area contributed by atoms with Gasteiger partial charge in [-0.2, -0.15) is 9.67 Å². The first-order chi connectivity index (χ1) is 15.8. The molecule has 2 aromatic heterocycles. The van der Waals surface area contributed by atoms with Crippen LogP contribution in [0.15, 0.2) is 77.7 Å². The first-order valence-electron chi connectivity index (χ1n) is 9.61. The van der Waals surface area contributed by atoms with Crippen molar-refractivity contribution in [2.75, 3.05) is 11.1 Å². The average molecular weight is 480 g/mol. The summed E-state index contributed by atoms with van der Waals surface area (Å²) in [6, 6.07) is 21.0. The van der Waals surface area contributed by atoms with Crippen LogP contribution in [0.2, 0.25) is 0 Å². The Morgan fingerprint density at radius 2 is 1.70 bits per heavy atom. The number of para-hydroxylation sites is 1. The molecule has 0 aliphatic heterocycles. The summed E-state index contributed by atoms with van der Waals surface area (Å²) in [7, 11) is -3.76. The van der Waals surface area contributed by atoms with Crippen molar-refractivity contribution in [1.82, 2.24) is 19.7 Å². The van der Waals surface area contributed by atoms with Crippen molar-refractivity contribution in [1.29, 1.82) is 0 Å². The highest BCUT2D eigenvalue weighted by molar-refractivity contribution is 7.89. The number of ether oxygens (including phenoxy) is 1. The molecule has 0 aliphatic rings. The summed E-state index contributed by atoms with van der Waals surface area (Å²) in [6.45, 7) is 0. The molecule has 3 aromatic carbocycles. The lowest BCUT2D eigenvalue weighted by molar-refractivity contribution is 0.483. The smallest absolute Gasteiger partial charge is 0.248 e. The monoisotopic (exact) mass is 479 g/mol. The zero-order valence-corrected chi connectivity index (χ0v) is 18.5. The third-order valence-electron chi connectivity index (χ3n) is 4.58. The first kappa shape index (κ1) is 20.9. The number of nitrogens with zero attached hydrogens (tertiary/aromatic N) is 4. The van der Waals surface area contributed by atoms with Crippen LogP contribution >= 0.6 is 11.3 Å². The number of anilines is 3. The van der Waals surface area contributed by atoms with E-state index in [0.717, 1.165) is 16.0 Å². The van der Waals surface area contributed by atoms with E-state index in [1.54, 1.807) is 12.1 Å². The van der Waals surface area contributed by atoms with Gasteiger partial charge in [0.1, 0.15) is 11.5 Å². The van der Waals surface area contributed by atoms with Gasteiger partial charge in [-0.15, -0.1) is 5.10 Å². The number of nitrogens with two attached hydrogens (primary N) is 2. The fourth-order valence-corrected chi connectivity index (χ4v) is 4.52. The van der Waals surface area contributed by atoms with Gasteiger partial charge in [0, 0.05) is 11.8 Å². The predicted molar refractivity (Wildman–Crippen MR) is 127 cm³/mol. The van der Waals surface area contributed by atoms with E-state index in [-0.39, 0.29) is 16.8 Å². The van der Waals surface area contributed by atoms with Crippen molar-refractivity contribution in [3.63, 3.8) is 0 Å². The molecule has 0 amide bonds. The molecular formula is C21H17N7O3S2. The SMILES string of the molecule is Nc1nc(Nc2ccc(S(N)(=O)=O)cc2)nn1-c1nc2ccc(Oc3ccccc3)cc2s1. The number of nitrogens with one attached hydrogen (secondary N) is 1. The van der Waals surface area contributed by atoms with Crippen LogP contribution in [0.25, 0.3) is 15.3 Å². The zero-order chi connectivity index (χ0) is 23.0. The quantitative estimate of drug-likeness (QED) is 0.334. The molecule has 0 saturated heterocycles. The highest BCUT2D eigenvalue weighted by Gasteiger charge is 2.15. The fraction of sp³-hybridized carbons (Fsp3) is 0. The molecule has 12 heteroatoms. The second kappa shape index (κ2) is 8.16. The lowest BCUT2D eigenvalue weighted by Crippen LogP contribution is -2.11. The Morgan fingerprint density at radius 1 is 0.939 bits per heavy atom. The van der Waals surface area contributed by atoms with Gasteiger partial charge in [0.2, 0.25) is 27.1 Å². The average Bonchev–Trinajstić information content (AvgIpc) is 3.36. The Balaban J connectivity index is 1.38. The molecule has 0 unspecified atom stereocenters. The van der Waals surface area contributed by atoms with E-state index < -0.39 is 10.0 Å². The van der Waals surface area contributed by atoms with Crippen molar-refractivity contribution in [3.05, 3.63) is 72.8 Å². The number of primary sulfonamides is 1. The van der Waals surface area contributed by atoms with E-state index in [1.807, 2.05) is 48.5 Å². The second-order valence-electron chi connectivity index (χ2n) is 6.94. The van der Waals surface area contributed by atoms with Gasteiger partial charge in [-0.3, -0.25) is 0 Å². The van der Waals surface area contributed by atoms with E-state index in [9.17, 15) is 8.42 Å². The maximum absolute atomic E-state index is 11.4. The van der Waals surface area contributed by atoms with Gasteiger partial charge in [0.05, 0.1) is 15.1 Å². The first-order valence-corrected chi connectivity index (χ1v) is 12.0. The molecule has 0 spiro atoms. The minimum Gasteiger partial charge on any atom is -0.457 e. The molecule has 5 aromatic rings. The summed E-state index contributed by atoms with van der Waals surface area (Å²) >= 11 is 1.39. The molecule has 0 bridgehead atoms. The van der Waals surface area contributed by atoms with Crippen LogP contribution in [0.4, 0.5) is 17.6 Å². The number of hydrogen-bond acceptors (Lipinski definition) is 9. The molecule has 0 radical (unpaired) electrons. The highest BCUT2D eigenvalue weighted by Crippen LogP contribution is 2.31. The van der Waals surface area contributed by atoms with Crippen molar-refractivity contribution in [2.45, 2.75) is 4.90 Å². The summed E-state index contributed by atoms with van der Waals surface area (Å²) in [5.41, 5.74) is 7.41. The maximum Gasteiger partial charge on any atom is 0.248 e. The van der Waals surface area contributed by atoms with Crippen molar-refractivity contribution in [3.8, 4) is 16.6 Å². The molecule has 0 fully saturated rings.